The van der Waals surface area contributed by atoms with Gasteiger partial charge in [0, 0.05) is 24.5 Å². The fourth-order valence-electron chi connectivity index (χ4n) is 5.84. The van der Waals surface area contributed by atoms with Gasteiger partial charge < -0.3 is 5.32 Å². The molecule has 1 N–H and O–H groups in total. The number of fused-ring (bicyclic) bond motifs is 1. The molecule has 2 aromatic heterocycles. The highest BCUT2D eigenvalue weighted by molar-refractivity contribution is 7.99. The molecule has 0 unspecified atom stereocenters. The van der Waals surface area contributed by atoms with Crippen molar-refractivity contribution in [3.8, 4) is 0 Å². The van der Waals surface area contributed by atoms with E-state index in [0.717, 1.165) is 49.8 Å². The number of carbonyl (C=O) groups is 1. The molecule has 3 heterocycles. The van der Waals surface area contributed by atoms with Crippen molar-refractivity contribution in [2.45, 2.75) is 82.3 Å². The Labute approximate surface area is 225 Å². The van der Waals surface area contributed by atoms with Gasteiger partial charge in [0.15, 0.2) is 0 Å². The minimum absolute atomic E-state index is 0.0423. The number of aryl methyl sites for hydroxylation is 1. The number of unbranched alkanes of at least 4 members (excludes halogenated alkanes) is 1. The van der Waals surface area contributed by atoms with Gasteiger partial charge >= 0.3 is 5.69 Å². The van der Waals surface area contributed by atoms with Gasteiger partial charge in [-0.1, -0.05) is 30.3 Å². The summed E-state index contributed by atoms with van der Waals surface area (Å²) < 4.78 is 17.1. The fourth-order valence-corrected chi connectivity index (χ4v) is 6.92. The molecule has 1 aliphatic carbocycles. The molecular formula is C29H35FN4O3S. The first-order valence-electron chi connectivity index (χ1n) is 13.7. The molecule has 38 heavy (non-hydrogen) atoms. The molecule has 0 spiro atoms. The van der Waals surface area contributed by atoms with E-state index in [0.29, 0.717) is 32.1 Å². The number of nitrogens with one attached hydrogen (secondary N) is 1. The molecule has 1 amide bonds. The van der Waals surface area contributed by atoms with Crippen LogP contribution in [0.15, 0.2) is 52.2 Å². The number of aromatic nitrogens is 3. The maximum Gasteiger partial charge on any atom is 0.333 e. The van der Waals surface area contributed by atoms with Crippen molar-refractivity contribution in [1.82, 2.24) is 19.4 Å². The predicted octanol–water partition coefficient (Wildman–Crippen LogP) is 4.78. The van der Waals surface area contributed by atoms with Crippen molar-refractivity contribution < 1.29 is 9.18 Å². The summed E-state index contributed by atoms with van der Waals surface area (Å²) in [7, 11) is 0. The topological polar surface area (TPSA) is 86.0 Å². The summed E-state index contributed by atoms with van der Waals surface area (Å²) in [5.41, 5.74) is 0.756. The second-order valence-electron chi connectivity index (χ2n) is 10.5. The van der Waals surface area contributed by atoms with E-state index < -0.39 is 11.4 Å². The van der Waals surface area contributed by atoms with Gasteiger partial charge in [-0.2, -0.15) is 11.8 Å². The van der Waals surface area contributed by atoms with Crippen LogP contribution in [0.1, 0.15) is 75.4 Å². The highest BCUT2D eigenvalue weighted by Crippen LogP contribution is 2.30. The predicted molar refractivity (Wildman–Crippen MR) is 149 cm³/mol. The Morgan fingerprint density at radius 1 is 0.974 bits per heavy atom. The summed E-state index contributed by atoms with van der Waals surface area (Å²) in [5.74, 6) is 1.36. The zero-order valence-corrected chi connectivity index (χ0v) is 22.4. The summed E-state index contributed by atoms with van der Waals surface area (Å²) in [6.45, 7) is 0. The monoisotopic (exact) mass is 538 g/mol. The number of amides is 1. The number of hydrogen-bond donors (Lipinski definition) is 1. The first kappa shape index (κ1) is 26.7. The summed E-state index contributed by atoms with van der Waals surface area (Å²) in [5, 5.41) is 3.31. The van der Waals surface area contributed by atoms with Crippen LogP contribution in [0.4, 0.5) is 4.39 Å². The Morgan fingerprint density at radius 2 is 1.68 bits per heavy atom. The molecule has 5 rings (SSSR count). The quantitative estimate of drug-likeness (QED) is 0.417. The zero-order valence-electron chi connectivity index (χ0n) is 21.6. The van der Waals surface area contributed by atoms with Crippen molar-refractivity contribution in [1.29, 1.82) is 0 Å². The lowest BCUT2D eigenvalue weighted by Gasteiger charge is -2.31. The molecule has 1 saturated heterocycles. The molecule has 0 radical (unpaired) electrons. The smallest absolute Gasteiger partial charge is 0.333 e. The Morgan fingerprint density at radius 3 is 2.42 bits per heavy atom. The van der Waals surface area contributed by atoms with Crippen molar-refractivity contribution in [3.05, 3.63) is 74.8 Å². The number of rotatable bonds is 8. The maximum atomic E-state index is 14.1. The minimum Gasteiger partial charge on any atom is -0.353 e. The number of nitrogens with zero attached hydrogens (tertiary/aromatic N) is 3. The number of pyridine rings is 1. The highest BCUT2D eigenvalue weighted by atomic mass is 32.2. The Hall–Kier alpha value is -2.94. The normalized spacial score (nSPS) is 20.4. The number of hydrogen-bond acceptors (Lipinski definition) is 5. The molecule has 2 fully saturated rings. The largest absolute Gasteiger partial charge is 0.353 e. The van der Waals surface area contributed by atoms with Crippen LogP contribution in [-0.4, -0.2) is 37.6 Å². The zero-order chi connectivity index (χ0) is 26.5. The van der Waals surface area contributed by atoms with Crippen molar-refractivity contribution in [2.75, 3.05) is 11.5 Å². The van der Waals surface area contributed by atoms with Crippen LogP contribution >= 0.6 is 11.8 Å². The van der Waals surface area contributed by atoms with Crippen LogP contribution in [0.25, 0.3) is 11.0 Å². The summed E-state index contributed by atoms with van der Waals surface area (Å²) >= 11 is 1.85. The maximum absolute atomic E-state index is 14.1. The molecule has 3 aromatic rings. The standard InChI is InChI=1S/C29H35FN4O3S/c30-21-18-25-27(31-19-21)33(24-14-16-38-17-15-24)29(37)34(28(25)36)23-12-10-22(11-13-23)32-26(35)9-5-4-8-20-6-2-1-3-7-20/h1-3,6-7,18-19,22-24H,4-5,8-17H2,(H,32,35)/t22-,23+. The molecule has 7 nitrogen and oxygen atoms in total. The third-order valence-corrected chi connectivity index (χ3v) is 8.92. The lowest BCUT2D eigenvalue weighted by atomic mass is 9.90. The van der Waals surface area contributed by atoms with E-state index in [-0.39, 0.29) is 40.8 Å². The molecule has 0 atom stereocenters. The van der Waals surface area contributed by atoms with Crippen LogP contribution < -0.4 is 16.6 Å². The van der Waals surface area contributed by atoms with Crippen molar-refractivity contribution in [3.63, 3.8) is 0 Å². The molecule has 1 aromatic carbocycles. The first-order chi connectivity index (χ1) is 18.5. The van der Waals surface area contributed by atoms with Gasteiger partial charge in [0.05, 0.1) is 11.6 Å². The lowest BCUT2D eigenvalue weighted by molar-refractivity contribution is -0.122. The van der Waals surface area contributed by atoms with E-state index in [1.54, 1.807) is 4.57 Å². The van der Waals surface area contributed by atoms with E-state index in [2.05, 4.69) is 22.4 Å². The van der Waals surface area contributed by atoms with E-state index >= 15 is 0 Å². The molecule has 9 heteroatoms. The van der Waals surface area contributed by atoms with Gasteiger partial charge in [-0.05, 0) is 80.9 Å². The van der Waals surface area contributed by atoms with E-state index in [4.69, 9.17) is 0 Å². The number of carbonyl (C=O) groups excluding carboxylic acids is 1. The van der Waals surface area contributed by atoms with Crippen molar-refractivity contribution in [2.24, 2.45) is 0 Å². The SMILES string of the molecule is O=C(CCCCc1ccccc1)N[C@H]1CC[C@@H](n2c(=O)c3cc(F)cnc3n(C3CCSCC3)c2=O)CC1. The molecular weight excluding hydrogens is 503 g/mol. The van der Waals surface area contributed by atoms with Gasteiger partial charge in [-0.15, -0.1) is 0 Å². The summed E-state index contributed by atoms with van der Waals surface area (Å²) in [6.07, 6.45) is 8.62. The summed E-state index contributed by atoms with van der Waals surface area (Å²) in [4.78, 5) is 43.8. The average molecular weight is 539 g/mol. The van der Waals surface area contributed by atoms with Gasteiger partial charge in [0.2, 0.25) is 5.91 Å². The second-order valence-corrected chi connectivity index (χ2v) is 11.7. The van der Waals surface area contributed by atoms with Gasteiger partial charge in [-0.25, -0.2) is 14.2 Å². The molecule has 1 aliphatic heterocycles. The van der Waals surface area contributed by atoms with Gasteiger partial charge in [0.1, 0.15) is 11.5 Å². The number of halogens is 1. The summed E-state index contributed by atoms with van der Waals surface area (Å²) in [6, 6.07) is 11.2. The first-order valence-corrected chi connectivity index (χ1v) is 14.9. The molecule has 202 valence electrons. The van der Waals surface area contributed by atoms with E-state index in [1.807, 2.05) is 30.0 Å². The van der Waals surface area contributed by atoms with E-state index in [1.165, 1.54) is 16.2 Å². The lowest BCUT2D eigenvalue weighted by Crippen LogP contribution is -2.46. The number of thioether (sulfide) groups is 1. The van der Waals surface area contributed by atoms with Crippen LogP contribution in [0, 0.1) is 5.82 Å². The number of benzene rings is 1. The van der Waals surface area contributed by atoms with Crippen molar-refractivity contribution >= 4 is 28.7 Å². The van der Waals surface area contributed by atoms with Crippen LogP contribution in [0.3, 0.4) is 0 Å². The molecule has 2 aliphatic rings. The van der Waals surface area contributed by atoms with Crippen LogP contribution in [-0.2, 0) is 11.2 Å². The van der Waals surface area contributed by atoms with E-state index in [9.17, 15) is 18.8 Å². The Bertz CT molecular complexity index is 1380. The van der Waals surface area contributed by atoms with Crippen LogP contribution in [0.5, 0.6) is 0 Å². The fraction of sp³-hybridized carbons (Fsp3) is 0.517. The average Bonchev–Trinajstić information content (AvgIpc) is 2.94. The molecule has 0 bridgehead atoms. The highest BCUT2D eigenvalue weighted by Gasteiger charge is 2.29. The van der Waals surface area contributed by atoms with Gasteiger partial charge in [-0.3, -0.25) is 18.7 Å². The Kier molecular flexibility index (Phi) is 8.61. The molecule has 1 saturated carbocycles. The minimum atomic E-state index is -0.583. The Balaban J connectivity index is 1.24. The third-order valence-electron chi connectivity index (χ3n) is 7.87. The second kappa shape index (κ2) is 12.3. The third kappa shape index (κ3) is 6.03. The van der Waals surface area contributed by atoms with Gasteiger partial charge in [0.25, 0.3) is 5.56 Å². The van der Waals surface area contributed by atoms with Crippen LogP contribution in [0.2, 0.25) is 0 Å².